The predicted molar refractivity (Wildman–Crippen MR) is 37.9 cm³/mol. The van der Waals surface area contributed by atoms with Gasteiger partial charge >= 0.3 is 6.41 Å². The Labute approximate surface area is 56.4 Å². The minimum atomic E-state index is 0.434. The normalized spacial score (nSPS) is 16.2. The molecule has 0 aliphatic carbocycles. The molecule has 0 aromatic carbocycles. The molecule has 0 fully saturated rings. The van der Waals surface area contributed by atoms with Gasteiger partial charge in [-0.05, 0) is 13.0 Å². The smallest absolute Gasteiger partial charge is 0.263 e. The first-order valence-electron chi connectivity index (χ1n) is 3.10. The molecule has 2 heteroatoms. The summed E-state index contributed by atoms with van der Waals surface area (Å²) in [5.74, 6) is 0. The highest BCUT2D eigenvalue weighted by Gasteiger charge is 2.14. The fourth-order valence-electron chi connectivity index (χ4n) is 0.542. The molecule has 0 saturated carbocycles. The summed E-state index contributed by atoms with van der Waals surface area (Å²) in [7, 11) is 1.88. The molecule has 52 valence electrons. The third kappa shape index (κ3) is 2.42. The molecule has 0 aliphatic heterocycles. The van der Waals surface area contributed by atoms with Crippen molar-refractivity contribution < 1.29 is 9.28 Å². The van der Waals surface area contributed by atoms with Gasteiger partial charge in [-0.25, -0.2) is 4.79 Å². The maximum absolute atomic E-state index is 10.4. The minimum Gasteiger partial charge on any atom is -0.263 e. The van der Waals surface area contributed by atoms with Crippen LogP contribution in [0.5, 0.6) is 0 Å². The van der Waals surface area contributed by atoms with E-state index in [0.717, 1.165) is 19.5 Å². The highest BCUT2D eigenvalue weighted by Crippen LogP contribution is 1.94. The van der Waals surface area contributed by atoms with Gasteiger partial charge in [-0.1, -0.05) is 6.58 Å². The van der Waals surface area contributed by atoms with Crippen LogP contribution in [-0.2, 0) is 4.79 Å². The summed E-state index contributed by atoms with van der Waals surface area (Å²) in [6.07, 6.45) is 2.71. The third-order valence-corrected chi connectivity index (χ3v) is 1.52. The minimum absolute atomic E-state index is 0.434. The number of hydrogen-bond donors (Lipinski definition) is 0. The summed E-state index contributed by atoms with van der Waals surface area (Å²) in [5, 5.41) is 0. The fraction of sp³-hybridized carbons (Fsp3) is 0.571. The van der Waals surface area contributed by atoms with Gasteiger partial charge in [-0.15, -0.1) is 0 Å². The maximum Gasteiger partial charge on any atom is 0.301 e. The molecule has 0 radical (unpaired) electrons. The highest BCUT2D eigenvalue weighted by atomic mass is 16.1. The Morgan fingerprint density at radius 2 is 2.22 bits per heavy atom. The van der Waals surface area contributed by atoms with Crippen LogP contribution in [0, 0.1) is 0 Å². The summed E-state index contributed by atoms with van der Waals surface area (Å²) in [6, 6.07) is 0. The second-order valence-electron chi connectivity index (χ2n) is 2.37. The Hall–Kier alpha value is -0.630. The largest absolute Gasteiger partial charge is 0.301 e. The topological polar surface area (TPSA) is 17.1 Å². The van der Waals surface area contributed by atoms with Crippen molar-refractivity contribution in [3.05, 3.63) is 12.7 Å². The monoisotopic (exact) mass is 128 g/mol. The number of rotatable bonds is 4. The first-order chi connectivity index (χ1) is 4.18. The Balaban J connectivity index is 3.90. The Bertz CT molecular complexity index is 111. The Kier molecular flexibility index (Phi) is 3.17. The molecule has 0 rings (SSSR count). The number of hydrogen-bond acceptors (Lipinski definition) is 1. The quantitative estimate of drug-likeness (QED) is 0.311. The number of nitrogens with zero attached hydrogens (tertiary/aromatic N) is 1. The van der Waals surface area contributed by atoms with Crippen molar-refractivity contribution in [2.75, 3.05) is 20.1 Å². The third-order valence-electron chi connectivity index (χ3n) is 1.52. The summed E-state index contributed by atoms with van der Waals surface area (Å²) in [6.45, 7) is 7.10. The second-order valence-corrected chi connectivity index (χ2v) is 2.37. The molecule has 2 nitrogen and oxygen atoms in total. The van der Waals surface area contributed by atoms with Gasteiger partial charge in [0.05, 0.1) is 13.6 Å². The van der Waals surface area contributed by atoms with Crippen molar-refractivity contribution in [3.8, 4) is 0 Å². The van der Waals surface area contributed by atoms with Gasteiger partial charge in [0.1, 0.15) is 6.54 Å². The zero-order valence-corrected chi connectivity index (χ0v) is 6.13. The van der Waals surface area contributed by atoms with Crippen LogP contribution in [0.15, 0.2) is 12.7 Å². The van der Waals surface area contributed by atoms with E-state index in [1.54, 1.807) is 6.08 Å². The van der Waals surface area contributed by atoms with Crippen molar-refractivity contribution in [2.24, 2.45) is 0 Å². The zero-order chi connectivity index (χ0) is 7.33. The van der Waals surface area contributed by atoms with Gasteiger partial charge in [-0.2, -0.15) is 0 Å². The van der Waals surface area contributed by atoms with E-state index >= 15 is 0 Å². The van der Waals surface area contributed by atoms with Crippen LogP contribution in [0.25, 0.3) is 0 Å². The molecule has 0 aromatic rings. The average molecular weight is 128 g/mol. The summed E-state index contributed by atoms with van der Waals surface area (Å²) in [5.41, 5.74) is 0. The van der Waals surface area contributed by atoms with Crippen molar-refractivity contribution in [2.45, 2.75) is 6.92 Å². The number of likely N-dealkylation sites (N-methyl/N-ethyl adjacent to an activating group) is 1. The first kappa shape index (κ1) is 8.37. The molecule has 0 N–H and O–H groups in total. The van der Waals surface area contributed by atoms with Gasteiger partial charge in [0, 0.05) is 0 Å². The summed E-state index contributed by atoms with van der Waals surface area (Å²) in [4.78, 5) is 10.4. The summed E-state index contributed by atoms with van der Waals surface area (Å²) < 4.78 is 0.434. The van der Waals surface area contributed by atoms with Crippen LogP contribution in [0.4, 0.5) is 0 Å². The van der Waals surface area contributed by atoms with E-state index in [4.69, 9.17) is 0 Å². The average Bonchev–Trinajstić information content (AvgIpc) is 1.89. The number of carbonyl (C=O) groups excluding carboxylic acids is 1. The molecular weight excluding hydrogens is 114 g/mol. The molecular formula is C7H14NO+. The lowest BCUT2D eigenvalue weighted by Crippen LogP contribution is -2.42. The van der Waals surface area contributed by atoms with Gasteiger partial charge in [0.2, 0.25) is 0 Å². The lowest BCUT2D eigenvalue weighted by molar-refractivity contribution is -0.817. The molecule has 9 heavy (non-hydrogen) atoms. The van der Waals surface area contributed by atoms with Crippen LogP contribution in [0.1, 0.15) is 6.92 Å². The van der Waals surface area contributed by atoms with Crippen molar-refractivity contribution in [1.29, 1.82) is 0 Å². The van der Waals surface area contributed by atoms with Gasteiger partial charge < -0.3 is 0 Å². The maximum atomic E-state index is 10.4. The van der Waals surface area contributed by atoms with Gasteiger partial charge in [0.15, 0.2) is 0 Å². The van der Waals surface area contributed by atoms with E-state index in [2.05, 4.69) is 6.58 Å². The second kappa shape index (κ2) is 3.41. The van der Waals surface area contributed by atoms with Crippen molar-refractivity contribution >= 4 is 6.41 Å². The highest BCUT2D eigenvalue weighted by molar-refractivity contribution is 5.37. The van der Waals surface area contributed by atoms with Gasteiger partial charge in [-0.3, -0.25) is 4.48 Å². The van der Waals surface area contributed by atoms with E-state index in [1.807, 2.05) is 14.0 Å². The van der Waals surface area contributed by atoms with E-state index in [-0.39, 0.29) is 0 Å². The molecule has 0 heterocycles. The van der Waals surface area contributed by atoms with Crippen LogP contribution in [0.2, 0.25) is 0 Å². The molecule has 0 spiro atoms. The van der Waals surface area contributed by atoms with E-state index < -0.39 is 0 Å². The number of carbonyl (C=O) groups is 1. The van der Waals surface area contributed by atoms with E-state index in [1.165, 1.54) is 0 Å². The van der Waals surface area contributed by atoms with E-state index in [0.29, 0.717) is 4.48 Å². The van der Waals surface area contributed by atoms with Crippen molar-refractivity contribution in [1.82, 2.24) is 0 Å². The Morgan fingerprint density at radius 3 is 2.33 bits per heavy atom. The van der Waals surface area contributed by atoms with Crippen molar-refractivity contribution in [3.63, 3.8) is 0 Å². The predicted octanol–water partition coefficient (Wildman–Crippen LogP) is 0.795. The lowest BCUT2D eigenvalue weighted by atomic mass is 10.4. The van der Waals surface area contributed by atoms with Crippen LogP contribution >= 0.6 is 0 Å². The van der Waals surface area contributed by atoms with Crippen LogP contribution in [-0.4, -0.2) is 31.0 Å². The lowest BCUT2D eigenvalue weighted by Gasteiger charge is -2.22. The van der Waals surface area contributed by atoms with Crippen LogP contribution < -0.4 is 0 Å². The molecule has 1 amide bonds. The van der Waals surface area contributed by atoms with Gasteiger partial charge in [0.25, 0.3) is 0 Å². The van der Waals surface area contributed by atoms with E-state index in [9.17, 15) is 4.79 Å². The Morgan fingerprint density at radius 1 is 1.67 bits per heavy atom. The fourth-order valence-corrected chi connectivity index (χ4v) is 0.542. The molecule has 0 aromatic heterocycles. The molecule has 1 unspecified atom stereocenters. The molecule has 0 aliphatic rings. The zero-order valence-electron chi connectivity index (χ0n) is 6.13. The molecule has 1 atom stereocenters. The number of quaternary nitrogens is 1. The number of amides is 1. The van der Waals surface area contributed by atoms with Crippen LogP contribution in [0.3, 0.4) is 0 Å². The SMILES string of the molecule is C=CC[N+](C)(C=O)CC. The molecule has 0 bridgehead atoms. The molecule has 0 saturated heterocycles. The standard InChI is InChI=1S/C7H14NO/c1-4-6-8(3,5-2)7-9/h4,7H,1,5-6H2,2-3H3/q+1. The summed E-state index contributed by atoms with van der Waals surface area (Å²) >= 11 is 0. The first-order valence-corrected chi connectivity index (χ1v) is 3.10.